The van der Waals surface area contributed by atoms with E-state index < -0.39 is 11.9 Å². The molecule has 0 radical (unpaired) electrons. The van der Waals surface area contributed by atoms with Crippen molar-refractivity contribution in [3.63, 3.8) is 0 Å². The smallest absolute Gasteiger partial charge is 0.240 e. The Morgan fingerprint density at radius 1 is 1.17 bits per heavy atom. The molecule has 152 valence electrons. The largest absolute Gasteiger partial charge is 0.368 e. The number of benzene rings is 2. The zero-order chi connectivity index (χ0) is 21.0. The van der Waals surface area contributed by atoms with Crippen LogP contribution in [0.5, 0.6) is 0 Å². The van der Waals surface area contributed by atoms with E-state index in [9.17, 15) is 14.0 Å². The Kier molecular flexibility index (Phi) is 6.32. The highest BCUT2D eigenvalue weighted by molar-refractivity contribution is 5.92. The predicted molar refractivity (Wildman–Crippen MR) is 113 cm³/mol. The van der Waals surface area contributed by atoms with Gasteiger partial charge in [-0.2, -0.15) is 0 Å². The number of aromatic nitrogens is 1. The maximum Gasteiger partial charge on any atom is 0.240 e. The maximum absolute atomic E-state index is 13.9. The van der Waals surface area contributed by atoms with Crippen LogP contribution in [-0.2, 0) is 16.0 Å². The first-order valence-corrected chi connectivity index (χ1v) is 9.85. The number of aryl methyl sites for hydroxylation is 1. The summed E-state index contributed by atoms with van der Waals surface area (Å²) < 4.78 is 13.9. The molecular formula is C23H26FN3O2. The Balaban J connectivity index is 1.86. The summed E-state index contributed by atoms with van der Waals surface area (Å²) in [5.74, 6) is -1.16. The van der Waals surface area contributed by atoms with E-state index in [-0.39, 0.29) is 24.1 Å². The first-order valence-electron chi connectivity index (χ1n) is 9.85. The molecular weight excluding hydrogens is 369 g/mol. The second kappa shape index (κ2) is 8.90. The fraction of sp³-hybridized carbons (Fsp3) is 0.304. The van der Waals surface area contributed by atoms with Gasteiger partial charge in [-0.05, 0) is 41.7 Å². The van der Waals surface area contributed by atoms with Crippen LogP contribution in [0, 0.1) is 11.7 Å². The van der Waals surface area contributed by atoms with E-state index in [2.05, 4.69) is 10.3 Å². The monoisotopic (exact) mass is 395 g/mol. The van der Waals surface area contributed by atoms with Crippen molar-refractivity contribution in [2.75, 3.05) is 0 Å². The minimum absolute atomic E-state index is 0.0430. The van der Waals surface area contributed by atoms with Gasteiger partial charge < -0.3 is 16.0 Å². The van der Waals surface area contributed by atoms with Crippen LogP contribution in [0.25, 0.3) is 22.2 Å². The van der Waals surface area contributed by atoms with Crippen molar-refractivity contribution in [1.29, 1.82) is 0 Å². The number of nitrogens with one attached hydrogen (secondary N) is 2. The number of aromatic amines is 1. The van der Waals surface area contributed by atoms with Gasteiger partial charge in [0.25, 0.3) is 0 Å². The van der Waals surface area contributed by atoms with Crippen LogP contribution in [0.4, 0.5) is 4.39 Å². The number of carbonyl (C=O) groups excluding carboxylic acids is 2. The lowest BCUT2D eigenvalue weighted by Gasteiger charge is -2.21. The number of hydrogen-bond acceptors (Lipinski definition) is 2. The van der Waals surface area contributed by atoms with E-state index in [0.717, 1.165) is 34.1 Å². The molecule has 6 heteroatoms. The molecule has 1 aromatic heterocycles. The molecule has 3 rings (SSSR count). The number of carbonyl (C=O) groups is 2. The van der Waals surface area contributed by atoms with Crippen LogP contribution < -0.4 is 11.1 Å². The average molecular weight is 395 g/mol. The lowest BCUT2D eigenvalue weighted by Crippen LogP contribution is -2.48. The summed E-state index contributed by atoms with van der Waals surface area (Å²) in [7, 11) is 0. The number of primary amides is 1. The molecule has 0 fully saturated rings. The molecule has 0 aliphatic heterocycles. The molecule has 0 spiro atoms. The number of fused-ring (bicyclic) bond motifs is 1. The van der Waals surface area contributed by atoms with Crippen molar-refractivity contribution >= 4 is 22.7 Å². The minimum atomic E-state index is -0.693. The number of H-pyrrole nitrogens is 1. The minimum Gasteiger partial charge on any atom is -0.368 e. The van der Waals surface area contributed by atoms with Crippen LogP contribution in [0.1, 0.15) is 32.3 Å². The van der Waals surface area contributed by atoms with E-state index in [1.165, 1.54) is 12.1 Å². The number of amides is 2. The summed E-state index contributed by atoms with van der Waals surface area (Å²) in [4.78, 5) is 27.5. The van der Waals surface area contributed by atoms with Crippen molar-refractivity contribution in [1.82, 2.24) is 10.3 Å². The third-order valence-electron chi connectivity index (χ3n) is 5.37. The zero-order valence-corrected chi connectivity index (χ0v) is 16.7. The van der Waals surface area contributed by atoms with Crippen molar-refractivity contribution in [2.24, 2.45) is 11.7 Å². The van der Waals surface area contributed by atoms with Crippen molar-refractivity contribution in [3.8, 4) is 11.3 Å². The molecule has 5 nitrogen and oxygen atoms in total. The fourth-order valence-electron chi connectivity index (χ4n) is 3.54. The molecule has 2 unspecified atom stereocenters. The van der Waals surface area contributed by atoms with Crippen molar-refractivity contribution in [2.45, 2.75) is 39.2 Å². The third kappa shape index (κ3) is 4.65. The van der Waals surface area contributed by atoms with Gasteiger partial charge in [-0.25, -0.2) is 4.39 Å². The first kappa shape index (κ1) is 20.6. The second-order valence-electron chi connectivity index (χ2n) is 7.37. The molecule has 0 saturated heterocycles. The molecule has 29 heavy (non-hydrogen) atoms. The van der Waals surface area contributed by atoms with Crippen LogP contribution >= 0.6 is 0 Å². The Morgan fingerprint density at radius 2 is 1.90 bits per heavy atom. The molecule has 0 aliphatic rings. The summed E-state index contributed by atoms with van der Waals surface area (Å²) in [6.45, 7) is 3.82. The van der Waals surface area contributed by atoms with Gasteiger partial charge in [0.1, 0.15) is 11.9 Å². The molecule has 2 amide bonds. The standard InChI is InChI=1S/C23H26FN3O2/c1-3-14(2)21(23(25)29)27-20(28)12-10-17-18-13-16(24)9-11-19(18)26-22(17)15-7-5-4-6-8-15/h4-9,11,13-14,21,26H,3,10,12H2,1-2H3,(H2,25,29)(H,27,28). The molecule has 1 heterocycles. The molecule has 2 atom stereocenters. The van der Waals surface area contributed by atoms with E-state index >= 15 is 0 Å². The van der Waals surface area contributed by atoms with E-state index in [4.69, 9.17) is 5.73 Å². The van der Waals surface area contributed by atoms with Gasteiger partial charge in [0.2, 0.25) is 11.8 Å². The van der Waals surface area contributed by atoms with E-state index in [1.807, 2.05) is 44.2 Å². The summed E-state index contributed by atoms with van der Waals surface area (Å²) in [6.07, 6.45) is 1.31. The lowest BCUT2D eigenvalue weighted by molar-refractivity contribution is -0.128. The molecule has 0 aliphatic carbocycles. The quantitative estimate of drug-likeness (QED) is 0.540. The Hall–Kier alpha value is -3.15. The maximum atomic E-state index is 13.9. The van der Waals surface area contributed by atoms with Crippen molar-refractivity contribution < 1.29 is 14.0 Å². The predicted octanol–water partition coefficient (Wildman–Crippen LogP) is 3.92. The van der Waals surface area contributed by atoms with Gasteiger partial charge >= 0.3 is 0 Å². The van der Waals surface area contributed by atoms with Gasteiger partial charge in [-0.1, -0.05) is 50.6 Å². The Bertz CT molecular complexity index is 1010. The van der Waals surface area contributed by atoms with Gasteiger partial charge in [0.05, 0.1) is 0 Å². The Labute approximate surface area is 169 Å². The fourth-order valence-corrected chi connectivity index (χ4v) is 3.54. The summed E-state index contributed by atoms with van der Waals surface area (Å²) in [6, 6.07) is 13.6. The molecule has 4 N–H and O–H groups in total. The number of halogens is 1. The summed E-state index contributed by atoms with van der Waals surface area (Å²) in [5.41, 5.74) is 8.97. The van der Waals surface area contributed by atoms with Gasteiger partial charge in [0.15, 0.2) is 0 Å². The number of nitrogens with two attached hydrogens (primary N) is 1. The SMILES string of the molecule is CCC(C)C(NC(=O)CCc1c(-c2ccccc2)[nH]c2ccc(F)cc12)C(N)=O. The highest BCUT2D eigenvalue weighted by Crippen LogP contribution is 2.31. The van der Waals surface area contributed by atoms with Gasteiger partial charge in [0, 0.05) is 23.0 Å². The Morgan fingerprint density at radius 3 is 2.55 bits per heavy atom. The van der Waals surface area contributed by atoms with Crippen molar-refractivity contribution in [3.05, 3.63) is 59.9 Å². The van der Waals surface area contributed by atoms with E-state index in [1.54, 1.807) is 6.07 Å². The second-order valence-corrected chi connectivity index (χ2v) is 7.37. The van der Waals surface area contributed by atoms with Gasteiger partial charge in [-0.3, -0.25) is 9.59 Å². The molecule has 3 aromatic rings. The molecule has 0 saturated carbocycles. The highest BCUT2D eigenvalue weighted by atomic mass is 19.1. The van der Waals surface area contributed by atoms with Crippen LogP contribution in [0.15, 0.2) is 48.5 Å². The topological polar surface area (TPSA) is 88.0 Å². The summed E-state index contributed by atoms with van der Waals surface area (Å²) in [5, 5.41) is 3.51. The highest BCUT2D eigenvalue weighted by Gasteiger charge is 2.24. The van der Waals surface area contributed by atoms with Gasteiger partial charge in [-0.15, -0.1) is 0 Å². The van der Waals surface area contributed by atoms with Crippen LogP contribution in [-0.4, -0.2) is 22.8 Å². The molecule has 0 bridgehead atoms. The normalized spacial score (nSPS) is 13.2. The summed E-state index contributed by atoms with van der Waals surface area (Å²) >= 11 is 0. The lowest BCUT2D eigenvalue weighted by atomic mass is 9.97. The first-order chi connectivity index (χ1) is 13.9. The van der Waals surface area contributed by atoms with Crippen LogP contribution in [0.3, 0.4) is 0 Å². The van der Waals surface area contributed by atoms with E-state index in [0.29, 0.717) is 6.42 Å². The number of hydrogen-bond donors (Lipinski definition) is 3. The van der Waals surface area contributed by atoms with Crippen LogP contribution in [0.2, 0.25) is 0 Å². The third-order valence-corrected chi connectivity index (χ3v) is 5.37. The average Bonchev–Trinajstić information content (AvgIpc) is 3.08. The zero-order valence-electron chi connectivity index (χ0n) is 16.7. The number of rotatable bonds is 8. The molecule has 2 aromatic carbocycles.